The molecule has 0 radical (unpaired) electrons. The number of sulfonamides is 1. The predicted octanol–water partition coefficient (Wildman–Crippen LogP) is 1.79. The molecule has 0 aliphatic heterocycles. The van der Waals surface area contributed by atoms with Crippen LogP contribution in [0.25, 0.3) is 0 Å². The van der Waals surface area contributed by atoms with Crippen LogP contribution in [0.15, 0.2) is 23.1 Å². The molecule has 0 aliphatic rings. The molecular weight excluding hydrogens is 316 g/mol. The van der Waals surface area contributed by atoms with Crippen molar-refractivity contribution in [2.45, 2.75) is 32.1 Å². The van der Waals surface area contributed by atoms with Gasteiger partial charge in [0.05, 0.1) is 4.90 Å². The summed E-state index contributed by atoms with van der Waals surface area (Å²) in [5, 5.41) is 2.76. The van der Waals surface area contributed by atoms with Crippen LogP contribution in [0, 0.1) is 6.92 Å². The Bertz CT molecular complexity index is 625. The van der Waals surface area contributed by atoms with Crippen molar-refractivity contribution in [1.29, 1.82) is 0 Å². The number of nitrogens with one attached hydrogen (secondary N) is 1. The summed E-state index contributed by atoms with van der Waals surface area (Å²) in [5.41, 5.74) is 0.978. The number of amides is 1. The van der Waals surface area contributed by atoms with Gasteiger partial charge in [-0.15, -0.1) is 0 Å². The Balaban J connectivity index is 3.02. The maximum atomic E-state index is 12.7. The number of hydrogen-bond acceptors (Lipinski definition) is 4. The zero-order chi connectivity index (χ0) is 17.5. The van der Waals surface area contributed by atoms with E-state index >= 15 is 0 Å². The second kappa shape index (κ2) is 9.00. The smallest absolute Gasteiger partial charge is 0.251 e. The van der Waals surface area contributed by atoms with Gasteiger partial charge in [-0.3, -0.25) is 4.79 Å². The largest absolute Gasteiger partial charge is 0.385 e. The Hall–Kier alpha value is -1.44. The predicted molar refractivity (Wildman–Crippen MR) is 90.1 cm³/mol. The van der Waals surface area contributed by atoms with E-state index in [-0.39, 0.29) is 10.8 Å². The maximum Gasteiger partial charge on any atom is 0.251 e. The van der Waals surface area contributed by atoms with E-state index in [1.165, 1.54) is 10.4 Å². The molecule has 0 spiro atoms. The molecule has 0 atom stereocenters. The molecule has 1 amide bonds. The van der Waals surface area contributed by atoms with Gasteiger partial charge in [-0.2, -0.15) is 4.31 Å². The van der Waals surface area contributed by atoms with Gasteiger partial charge in [-0.1, -0.05) is 19.9 Å². The monoisotopic (exact) mass is 342 g/mol. The van der Waals surface area contributed by atoms with E-state index in [0.717, 1.165) is 0 Å². The Morgan fingerprint density at radius 1 is 1.26 bits per heavy atom. The molecule has 0 unspecified atom stereocenters. The van der Waals surface area contributed by atoms with E-state index < -0.39 is 10.0 Å². The van der Waals surface area contributed by atoms with Gasteiger partial charge in [-0.05, 0) is 31.0 Å². The lowest BCUT2D eigenvalue weighted by atomic mass is 10.1. The molecule has 1 rings (SSSR count). The summed E-state index contributed by atoms with van der Waals surface area (Å²) in [6.07, 6.45) is 0.707. The number of carbonyl (C=O) groups excluding carboxylic acids is 1. The number of methoxy groups -OCH3 is 1. The first kappa shape index (κ1) is 19.6. The zero-order valence-corrected chi connectivity index (χ0v) is 15.1. The van der Waals surface area contributed by atoms with Crippen molar-refractivity contribution in [1.82, 2.24) is 9.62 Å². The molecular formula is C16H26N2O4S. The highest BCUT2D eigenvalue weighted by Crippen LogP contribution is 2.21. The summed E-state index contributed by atoms with van der Waals surface area (Å²) >= 11 is 0. The average Bonchev–Trinajstić information content (AvgIpc) is 2.52. The fraction of sp³-hybridized carbons (Fsp3) is 0.562. The van der Waals surface area contributed by atoms with Crippen molar-refractivity contribution in [2.75, 3.05) is 33.4 Å². The van der Waals surface area contributed by atoms with E-state index in [1.807, 2.05) is 0 Å². The first-order valence-electron chi connectivity index (χ1n) is 7.76. The van der Waals surface area contributed by atoms with E-state index in [4.69, 9.17) is 4.74 Å². The van der Waals surface area contributed by atoms with Gasteiger partial charge in [0.25, 0.3) is 5.91 Å². The minimum atomic E-state index is -3.58. The molecule has 6 nitrogen and oxygen atoms in total. The van der Waals surface area contributed by atoms with Gasteiger partial charge < -0.3 is 10.1 Å². The van der Waals surface area contributed by atoms with E-state index in [9.17, 15) is 13.2 Å². The third kappa shape index (κ3) is 5.02. The maximum absolute atomic E-state index is 12.7. The fourth-order valence-corrected chi connectivity index (χ4v) is 3.95. The first-order chi connectivity index (χ1) is 10.9. The topological polar surface area (TPSA) is 75.7 Å². The van der Waals surface area contributed by atoms with Crippen molar-refractivity contribution >= 4 is 15.9 Å². The summed E-state index contributed by atoms with van der Waals surface area (Å²) in [7, 11) is -1.98. The van der Waals surface area contributed by atoms with Crippen molar-refractivity contribution in [3.8, 4) is 0 Å². The van der Waals surface area contributed by atoms with Crippen LogP contribution >= 0.6 is 0 Å². The van der Waals surface area contributed by atoms with Crippen LogP contribution in [0.3, 0.4) is 0 Å². The number of nitrogens with zero attached hydrogens (tertiary/aromatic N) is 1. The Labute approximate surface area is 138 Å². The van der Waals surface area contributed by atoms with E-state index in [2.05, 4.69) is 5.32 Å². The van der Waals surface area contributed by atoms with Crippen LogP contribution in [0.1, 0.15) is 36.2 Å². The molecule has 1 N–H and O–H groups in total. The summed E-state index contributed by atoms with van der Waals surface area (Å²) in [6.45, 7) is 7.16. The molecule has 1 aromatic rings. The minimum absolute atomic E-state index is 0.186. The number of ether oxygens (including phenoxy) is 1. The highest BCUT2D eigenvalue weighted by atomic mass is 32.2. The van der Waals surface area contributed by atoms with Crippen LogP contribution in [0.5, 0.6) is 0 Å². The minimum Gasteiger partial charge on any atom is -0.385 e. The Morgan fingerprint density at radius 3 is 2.48 bits per heavy atom. The first-order valence-corrected chi connectivity index (χ1v) is 9.20. The zero-order valence-electron chi connectivity index (χ0n) is 14.3. The molecule has 0 saturated carbocycles. The standard InChI is InChI=1S/C16H26N2O4S/c1-5-18(6-2)23(20,21)15-12-14(9-8-13(15)3)16(19)17-10-7-11-22-4/h8-9,12H,5-7,10-11H2,1-4H3,(H,17,19). The second-order valence-corrected chi connectivity index (χ2v) is 7.08. The molecule has 1 aromatic carbocycles. The molecule has 130 valence electrons. The number of rotatable bonds is 9. The van der Waals surface area contributed by atoms with Crippen LogP contribution < -0.4 is 5.32 Å². The molecule has 0 fully saturated rings. The lowest BCUT2D eigenvalue weighted by Crippen LogP contribution is -2.31. The van der Waals surface area contributed by atoms with Crippen LogP contribution in [-0.4, -0.2) is 52.0 Å². The average molecular weight is 342 g/mol. The highest BCUT2D eigenvalue weighted by molar-refractivity contribution is 7.89. The molecule has 0 aromatic heterocycles. The summed E-state index contributed by atoms with van der Waals surface area (Å²) in [5.74, 6) is -0.280. The van der Waals surface area contributed by atoms with Gasteiger partial charge in [-0.25, -0.2) is 8.42 Å². The summed E-state index contributed by atoms with van der Waals surface area (Å²) < 4.78 is 31.6. The van der Waals surface area contributed by atoms with Gasteiger partial charge in [0.2, 0.25) is 10.0 Å². The number of hydrogen-bond donors (Lipinski definition) is 1. The SMILES string of the molecule is CCN(CC)S(=O)(=O)c1cc(C(=O)NCCCOC)ccc1C. The molecule has 0 bridgehead atoms. The highest BCUT2D eigenvalue weighted by Gasteiger charge is 2.24. The quantitative estimate of drug-likeness (QED) is 0.694. The van der Waals surface area contributed by atoms with Crippen LogP contribution in [-0.2, 0) is 14.8 Å². The van der Waals surface area contributed by atoms with E-state index in [0.29, 0.717) is 43.8 Å². The second-order valence-electron chi connectivity index (χ2n) is 5.17. The van der Waals surface area contributed by atoms with Crippen molar-refractivity contribution < 1.29 is 17.9 Å². The van der Waals surface area contributed by atoms with Gasteiger partial charge in [0, 0.05) is 38.9 Å². The third-order valence-corrected chi connectivity index (χ3v) is 5.78. The van der Waals surface area contributed by atoms with Gasteiger partial charge >= 0.3 is 0 Å². The molecule has 0 saturated heterocycles. The van der Waals surface area contributed by atoms with Gasteiger partial charge in [0.15, 0.2) is 0 Å². The normalized spacial score (nSPS) is 11.7. The lowest BCUT2D eigenvalue weighted by Gasteiger charge is -2.20. The van der Waals surface area contributed by atoms with Crippen molar-refractivity contribution in [3.05, 3.63) is 29.3 Å². The molecule has 7 heteroatoms. The van der Waals surface area contributed by atoms with E-state index in [1.54, 1.807) is 40.0 Å². The summed E-state index contributed by atoms with van der Waals surface area (Å²) in [4.78, 5) is 12.3. The molecule has 0 aliphatic carbocycles. The van der Waals surface area contributed by atoms with Gasteiger partial charge in [0.1, 0.15) is 0 Å². The number of benzene rings is 1. The summed E-state index contributed by atoms with van der Waals surface area (Å²) in [6, 6.07) is 4.76. The Morgan fingerprint density at radius 2 is 1.91 bits per heavy atom. The number of carbonyl (C=O) groups is 1. The van der Waals surface area contributed by atoms with Crippen molar-refractivity contribution in [3.63, 3.8) is 0 Å². The fourth-order valence-electron chi connectivity index (χ4n) is 2.24. The molecule has 23 heavy (non-hydrogen) atoms. The van der Waals surface area contributed by atoms with Crippen molar-refractivity contribution in [2.24, 2.45) is 0 Å². The van der Waals surface area contributed by atoms with Crippen LogP contribution in [0.4, 0.5) is 0 Å². The lowest BCUT2D eigenvalue weighted by molar-refractivity contribution is 0.0948. The third-order valence-electron chi connectivity index (χ3n) is 3.58. The van der Waals surface area contributed by atoms with Crippen LogP contribution in [0.2, 0.25) is 0 Å². The number of aryl methyl sites for hydroxylation is 1. The Kier molecular flexibility index (Phi) is 7.67. The molecule has 0 heterocycles.